The molecule has 1 atom stereocenters. The number of benzene rings is 2. The Morgan fingerprint density at radius 3 is 2.57 bits per heavy atom. The minimum atomic E-state index is -1.06. The summed E-state index contributed by atoms with van der Waals surface area (Å²) in [6.45, 7) is 2.60. The van der Waals surface area contributed by atoms with Gasteiger partial charge in [0.1, 0.15) is 23.0 Å². The maximum atomic E-state index is 15.1. The highest BCUT2D eigenvalue weighted by Crippen LogP contribution is 2.29. The van der Waals surface area contributed by atoms with Crippen molar-refractivity contribution in [2.75, 3.05) is 13.2 Å². The highest BCUT2D eigenvalue weighted by molar-refractivity contribution is 5.94. The van der Waals surface area contributed by atoms with Crippen molar-refractivity contribution in [3.8, 4) is 11.3 Å². The second kappa shape index (κ2) is 9.81. The fourth-order valence-corrected chi connectivity index (χ4v) is 4.25. The second-order valence-corrected chi connectivity index (χ2v) is 8.62. The first-order chi connectivity index (χ1) is 17.7. The number of nitrogens with zero attached hydrogens (tertiary/aromatic N) is 2. The van der Waals surface area contributed by atoms with E-state index < -0.39 is 34.8 Å². The van der Waals surface area contributed by atoms with Crippen LogP contribution in [0.15, 0.2) is 41.2 Å². The molecule has 0 amide bonds. The van der Waals surface area contributed by atoms with Gasteiger partial charge >= 0.3 is 5.97 Å². The normalized spacial score (nSPS) is 15.1. The summed E-state index contributed by atoms with van der Waals surface area (Å²) in [5.41, 5.74) is -1.18. The third kappa shape index (κ3) is 4.74. The number of nitrogens with one attached hydrogen (secondary N) is 1. The third-order valence-corrected chi connectivity index (χ3v) is 6.21. The SMILES string of the molecule is CCOC(=O)c1cc(F)c2nc(Cc3cc(F)c(-c4ccc(F)c(=O)[nH]4)cc3F)n(CC3CCO3)c2c1. The highest BCUT2D eigenvalue weighted by atomic mass is 19.1. The lowest BCUT2D eigenvalue weighted by molar-refractivity contribution is -0.0589. The van der Waals surface area contributed by atoms with Crippen molar-refractivity contribution in [3.63, 3.8) is 0 Å². The van der Waals surface area contributed by atoms with Crippen LogP contribution >= 0.6 is 0 Å². The molecular formula is C26H21F4N3O4. The summed E-state index contributed by atoms with van der Waals surface area (Å²) in [7, 11) is 0. The monoisotopic (exact) mass is 515 g/mol. The predicted octanol–water partition coefficient (Wildman–Crippen LogP) is 4.50. The summed E-state index contributed by atoms with van der Waals surface area (Å²) in [6, 6.07) is 6.33. The van der Waals surface area contributed by atoms with Crippen LogP contribution in [0.2, 0.25) is 0 Å². The van der Waals surface area contributed by atoms with E-state index in [-0.39, 0.29) is 59.4 Å². The van der Waals surface area contributed by atoms with E-state index in [2.05, 4.69) is 9.97 Å². The molecule has 0 aliphatic carbocycles. The summed E-state index contributed by atoms with van der Waals surface area (Å²) >= 11 is 0. The Balaban J connectivity index is 1.56. The van der Waals surface area contributed by atoms with Crippen LogP contribution in [0.25, 0.3) is 22.3 Å². The van der Waals surface area contributed by atoms with Crippen molar-refractivity contribution < 1.29 is 31.8 Å². The van der Waals surface area contributed by atoms with Crippen molar-refractivity contribution in [1.82, 2.24) is 14.5 Å². The number of esters is 1. The van der Waals surface area contributed by atoms with Crippen LogP contribution in [0.5, 0.6) is 0 Å². The van der Waals surface area contributed by atoms with Gasteiger partial charge in [0.05, 0.1) is 36.0 Å². The molecule has 1 aliphatic rings. The molecule has 0 radical (unpaired) electrons. The summed E-state index contributed by atoms with van der Waals surface area (Å²) < 4.78 is 70.5. The van der Waals surface area contributed by atoms with Gasteiger partial charge in [0.15, 0.2) is 11.6 Å². The standard InChI is InChI=1S/C26H21F4N3O4/c1-2-36-26(35)14-8-20(30)24-22(9-14)33(12-15-5-6-37-15)23(32-24)10-13-7-19(29)16(11-18(13)28)21-4-3-17(27)25(34)31-21/h3-4,7-9,11,15H,2,5-6,10,12H2,1H3,(H,31,34). The molecule has 3 heterocycles. The van der Waals surface area contributed by atoms with E-state index in [1.807, 2.05) is 0 Å². The number of carbonyl (C=O) groups is 1. The number of hydrogen-bond acceptors (Lipinski definition) is 5. The first kappa shape index (κ1) is 24.7. The van der Waals surface area contributed by atoms with Gasteiger partial charge in [-0.15, -0.1) is 0 Å². The van der Waals surface area contributed by atoms with Gasteiger partial charge in [-0.05, 0) is 55.3 Å². The molecule has 192 valence electrons. The molecule has 0 bridgehead atoms. The van der Waals surface area contributed by atoms with Crippen LogP contribution in [-0.4, -0.2) is 39.8 Å². The van der Waals surface area contributed by atoms with Gasteiger partial charge in [-0.3, -0.25) is 4.79 Å². The van der Waals surface area contributed by atoms with Crippen LogP contribution in [-0.2, 0) is 22.4 Å². The summed E-state index contributed by atoms with van der Waals surface area (Å²) in [6.07, 6.45) is 0.385. The summed E-state index contributed by atoms with van der Waals surface area (Å²) in [4.78, 5) is 30.3. The molecule has 0 spiro atoms. The van der Waals surface area contributed by atoms with Crippen molar-refractivity contribution in [1.29, 1.82) is 0 Å². The number of hydrogen-bond donors (Lipinski definition) is 1. The number of pyridine rings is 1. The average Bonchev–Trinajstić information content (AvgIpc) is 3.18. The van der Waals surface area contributed by atoms with Gasteiger partial charge < -0.3 is 19.0 Å². The molecule has 1 unspecified atom stereocenters. The van der Waals surface area contributed by atoms with Gasteiger partial charge in [-0.1, -0.05) is 0 Å². The number of rotatable bonds is 7. The average molecular weight is 515 g/mol. The molecule has 11 heteroatoms. The van der Waals surface area contributed by atoms with Crippen LogP contribution in [0, 0.1) is 23.3 Å². The number of aromatic amines is 1. The molecule has 4 aromatic rings. The number of carbonyl (C=O) groups excluding carboxylic acids is 1. The van der Waals surface area contributed by atoms with Crippen LogP contribution in [0.3, 0.4) is 0 Å². The van der Waals surface area contributed by atoms with Crippen molar-refractivity contribution >= 4 is 17.0 Å². The van der Waals surface area contributed by atoms with Gasteiger partial charge in [-0.2, -0.15) is 0 Å². The number of ether oxygens (including phenoxy) is 2. The zero-order valence-electron chi connectivity index (χ0n) is 19.6. The van der Waals surface area contributed by atoms with Gasteiger partial charge in [0.25, 0.3) is 5.56 Å². The van der Waals surface area contributed by atoms with E-state index >= 15 is 4.39 Å². The Kier molecular flexibility index (Phi) is 6.55. The molecule has 2 aromatic heterocycles. The molecule has 1 saturated heterocycles. The second-order valence-electron chi connectivity index (χ2n) is 8.62. The largest absolute Gasteiger partial charge is 0.462 e. The molecule has 1 fully saturated rings. The Morgan fingerprint density at radius 1 is 1.11 bits per heavy atom. The fraction of sp³-hybridized carbons (Fsp3) is 0.269. The summed E-state index contributed by atoms with van der Waals surface area (Å²) in [5.74, 6) is -3.90. The van der Waals surface area contributed by atoms with Gasteiger partial charge in [0.2, 0.25) is 0 Å². The Labute approximate surface area is 207 Å². The smallest absolute Gasteiger partial charge is 0.338 e. The van der Waals surface area contributed by atoms with Crippen molar-refractivity contribution in [2.24, 2.45) is 0 Å². The van der Waals surface area contributed by atoms with E-state index in [0.717, 1.165) is 36.8 Å². The minimum Gasteiger partial charge on any atom is -0.462 e. The Bertz CT molecular complexity index is 1580. The fourth-order valence-electron chi connectivity index (χ4n) is 4.25. The molecule has 1 N–H and O–H groups in total. The molecule has 1 aliphatic heterocycles. The maximum absolute atomic E-state index is 15.1. The van der Waals surface area contributed by atoms with Crippen LogP contribution in [0.1, 0.15) is 35.1 Å². The number of fused-ring (bicyclic) bond motifs is 1. The first-order valence-corrected chi connectivity index (χ1v) is 11.6. The molecule has 2 aromatic carbocycles. The molecule has 5 rings (SSSR count). The van der Waals surface area contributed by atoms with Crippen LogP contribution in [0.4, 0.5) is 17.6 Å². The Morgan fingerprint density at radius 2 is 1.89 bits per heavy atom. The zero-order chi connectivity index (χ0) is 26.3. The number of halogens is 4. The van der Waals surface area contributed by atoms with E-state index in [1.165, 1.54) is 6.07 Å². The zero-order valence-corrected chi connectivity index (χ0v) is 19.6. The van der Waals surface area contributed by atoms with E-state index in [0.29, 0.717) is 12.1 Å². The lowest BCUT2D eigenvalue weighted by atomic mass is 10.0. The molecular weight excluding hydrogens is 494 g/mol. The van der Waals surface area contributed by atoms with Gasteiger partial charge in [0, 0.05) is 18.6 Å². The number of H-pyrrole nitrogens is 1. The van der Waals surface area contributed by atoms with Gasteiger partial charge in [-0.25, -0.2) is 27.3 Å². The third-order valence-electron chi connectivity index (χ3n) is 6.21. The van der Waals surface area contributed by atoms with Crippen LogP contribution < -0.4 is 5.56 Å². The Hall–Kier alpha value is -3.99. The first-order valence-electron chi connectivity index (χ1n) is 11.6. The summed E-state index contributed by atoms with van der Waals surface area (Å²) in [5, 5.41) is 0. The molecule has 37 heavy (non-hydrogen) atoms. The van der Waals surface area contributed by atoms with Crippen molar-refractivity contribution in [3.05, 3.63) is 87.0 Å². The maximum Gasteiger partial charge on any atom is 0.338 e. The van der Waals surface area contributed by atoms with E-state index in [9.17, 15) is 22.8 Å². The lowest BCUT2D eigenvalue weighted by Gasteiger charge is -2.27. The molecule has 0 saturated carbocycles. The number of aromatic nitrogens is 3. The predicted molar refractivity (Wildman–Crippen MR) is 125 cm³/mol. The highest BCUT2D eigenvalue weighted by Gasteiger charge is 2.25. The topological polar surface area (TPSA) is 86.2 Å². The van der Waals surface area contributed by atoms with Crippen molar-refractivity contribution in [2.45, 2.75) is 32.4 Å². The van der Waals surface area contributed by atoms with E-state index in [4.69, 9.17) is 9.47 Å². The quantitative estimate of drug-likeness (QED) is 0.289. The van der Waals surface area contributed by atoms with E-state index in [1.54, 1.807) is 11.5 Å². The number of imidazole rings is 1. The minimum absolute atomic E-state index is 0.00365. The lowest BCUT2D eigenvalue weighted by Crippen LogP contribution is -2.31. The molecule has 7 nitrogen and oxygen atoms in total.